The molecule has 204 valence electrons. The number of hydrogen-bond acceptors (Lipinski definition) is 8. The minimum absolute atomic E-state index is 0. The summed E-state index contributed by atoms with van der Waals surface area (Å²) >= 11 is 6.28. The third-order valence-electron chi connectivity index (χ3n) is 7.22. The first kappa shape index (κ1) is 28.4. The van der Waals surface area contributed by atoms with E-state index in [4.69, 9.17) is 11.6 Å². The van der Waals surface area contributed by atoms with Gasteiger partial charge in [0, 0.05) is 24.8 Å². The molecular formula is C26H30Cl2N4O5S. The van der Waals surface area contributed by atoms with Gasteiger partial charge in [-0.1, -0.05) is 36.2 Å². The Morgan fingerprint density at radius 1 is 0.842 bits per heavy atom. The van der Waals surface area contributed by atoms with E-state index in [0.29, 0.717) is 37.7 Å². The lowest BCUT2D eigenvalue weighted by atomic mass is 10.0. The van der Waals surface area contributed by atoms with Crippen LogP contribution in [0.25, 0.3) is 0 Å². The van der Waals surface area contributed by atoms with Crippen LogP contribution in [0.5, 0.6) is 5.75 Å². The molecule has 2 aliphatic heterocycles. The van der Waals surface area contributed by atoms with Crippen molar-refractivity contribution in [3.8, 4) is 5.75 Å². The summed E-state index contributed by atoms with van der Waals surface area (Å²) in [4.78, 5) is 26.5. The molecule has 3 N–H and O–H groups in total. The van der Waals surface area contributed by atoms with E-state index in [2.05, 4.69) is 15.5 Å². The summed E-state index contributed by atoms with van der Waals surface area (Å²) in [5, 5.41) is 16.5. The number of phenols is 1. The number of piperidine rings is 2. The first-order chi connectivity index (χ1) is 17.8. The number of hydrogen-bond donors (Lipinski definition) is 3. The summed E-state index contributed by atoms with van der Waals surface area (Å²) in [6.07, 6.45) is 5.03. The topological polar surface area (TPSA) is 119 Å². The van der Waals surface area contributed by atoms with E-state index in [1.807, 2.05) is 6.07 Å². The molecule has 0 saturated carbocycles. The van der Waals surface area contributed by atoms with Gasteiger partial charge in [-0.3, -0.25) is 9.59 Å². The zero-order valence-electron chi connectivity index (χ0n) is 20.7. The lowest BCUT2D eigenvalue weighted by Crippen LogP contribution is -2.48. The smallest absolute Gasteiger partial charge is 0.253 e. The number of nitrogens with one attached hydrogen (secondary N) is 2. The number of phenolic OH excluding ortho intramolecular Hbond substituents is 1. The first-order valence-electron chi connectivity index (χ1n) is 12.5. The van der Waals surface area contributed by atoms with Crippen LogP contribution in [0.2, 0.25) is 5.02 Å². The molecule has 0 atom stereocenters. The number of likely N-dealkylation sites (tertiary alicyclic amines) is 1. The summed E-state index contributed by atoms with van der Waals surface area (Å²) in [5.74, 6) is -0.593. The largest absolute Gasteiger partial charge is 0.504 e. The molecule has 2 heterocycles. The van der Waals surface area contributed by atoms with Crippen molar-refractivity contribution in [2.24, 2.45) is 0 Å². The fourth-order valence-electron chi connectivity index (χ4n) is 5.18. The molecule has 0 radical (unpaired) electrons. The molecular weight excluding hydrogens is 551 g/mol. The van der Waals surface area contributed by atoms with Crippen molar-refractivity contribution >= 4 is 56.8 Å². The highest BCUT2D eigenvalue weighted by Crippen LogP contribution is 2.41. The van der Waals surface area contributed by atoms with Crippen LogP contribution in [0.4, 0.5) is 22.7 Å². The zero-order valence-corrected chi connectivity index (χ0v) is 23.0. The number of aromatic hydroxyl groups is 1. The van der Waals surface area contributed by atoms with Crippen LogP contribution in [0.1, 0.15) is 32.1 Å². The van der Waals surface area contributed by atoms with Crippen LogP contribution in [0.3, 0.4) is 0 Å². The van der Waals surface area contributed by atoms with Gasteiger partial charge in [-0.25, -0.2) is 8.42 Å². The molecule has 2 fully saturated rings. The van der Waals surface area contributed by atoms with Gasteiger partial charge in [-0.05, 0) is 63.0 Å². The monoisotopic (exact) mass is 580 g/mol. The van der Waals surface area contributed by atoms with Gasteiger partial charge in [-0.2, -0.15) is 4.31 Å². The Labute approximate surface area is 232 Å². The Kier molecular flexibility index (Phi) is 8.68. The third-order valence-corrected chi connectivity index (χ3v) is 9.63. The molecule has 3 aromatic carbocycles. The molecule has 0 aromatic heterocycles. The number of halogens is 2. The molecule has 0 amide bonds. The van der Waals surface area contributed by atoms with Crippen LogP contribution in [-0.4, -0.2) is 55.0 Å². The predicted octanol–water partition coefficient (Wildman–Crippen LogP) is 4.19. The summed E-state index contributed by atoms with van der Waals surface area (Å²) in [7, 11) is -4.10. The van der Waals surface area contributed by atoms with Crippen molar-refractivity contribution in [3.63, 3.8) is 0 Å². The van der Waals surface area contributed by atoms with Crippen molar-refractivity contribution in [1.82, 2.24) is 9.21 Å². The van der Waals surface area contributed by atoms with Crippen LogP contribution in [-0.2, 0) is 10.0 Å². The normalized spacial score (nSPS) is 17.7. The quantitative estimate of drug-likeness (QED) is 0.281. The average molecular weight is 582 g/mol. The lowest BCUT2D eigenvalue weighted by Gasteiger charge is -2.39. The number of rotatable bonds is 7. The van der Waals surface area contributed by atoms with E-state index in [0.717, 1.165) is 13.1 Å². The Balaban J connectivity index is 0.00000336. The van der Waals surface area contributed by atoms with Crippen molar-refractivity contribution < 1.29 is 13.5 Å². The van der Waals surface area contributed by atoms with E-state index in [-0.39, 0.29) is 34.5 Å². The number of sulfonamides is 1. The van der Waals surface area contributed by atoms with Gasteiger partial charge in [0.25, 0.3) is 10.9 Å². The maximum absolute atomic E-state index is 13.5. The molecule has 3 aromatic rings. The van der Waals surface area contributed by atoms with Gasteiger partial charge >= 0.3 is 0 Å². The SMILES string of the molecule is Cl.O=c1c(Nc2ccccc2)c(Nc2ccc(Cl)c(S(=O)(=O)N3CCC(N4CCCCC4)CC3)c2O)c1=O. The molecule has 2 aliphatic rings. The molecule has 0 spiro atoms. The minimum Gasteiger partial charge on any atom is -0.504 e. The van der Waals surface area contributed by atoms with E-state index in [9.17, 15) is 23.1 Å². The molecule has 5 rings (SSSR count). The Morgan fingerprint density at radius 3 is 2.08 bits per heavy atom. The maximum Gasteiger partial charge on any atom is 0.253 e. The maximum atomic E-state index is 13.5. The van der Waals surface area contributed by atoms with Crippen LogP contribution in [0, 0.1) is 0 Å². The van der Waals surface area contributed by atoms with E-state index >= 15 is 0 Å². The summed E-state index contributed by atoms with van der Waals surface area (Å²) in [6, 6.07) is 11.9. The molecule has 2 saturated heterocycles. The fraction of sp³-hybridized carbons (Fsp3) is 0.385. The lowest BCUT2D eigenvalue weighted by molar-refractivity contribution is 0.117. The Bertz CT molecular complexity index is 1460. The average Bonchev–Trinajstić information content (AvgIpc) is 2.92. The predicted molar refractivity (Wildman–Crippen MR) is 152 cm³/mol. The summed E-state index contributed by atoms with van der Waals surface area (Å²) < 4.78 is 28.5. The fourth-order valence-corrected chi connectivity index (χ4v) is 7.25. The summed E-state index contributed by atoms with van der Waals surface area (Å²) in [5.41, 5.74) is -0.920. The highest BCUT2D eigenvalue weighted by Gasteiger charge is 2.36. The van der Waals surface area contributed by atoms with Crippen molar-refractivity contribution in [2.75, 3.05) is 36.8 Å². The second-order valence-corrected chi connectivity index (χ2v) is 11.8. The second kappa shape index (κ2) is 11.6. The molecule has 38 heavy (non-hydrogen) atoms. The molecule has 0 bridgehead atoms. The number of anilines is 4. The molecule has 12 heteroatoms. The van der Waals surface area contributed by atoms with Gasteiger partial charge in [-0.15, -0.1) is 12.4 Å². The molecule has 0 unspecified atom stereocenters. The van der Waals surface area contributed by atoms with Gasteiger partial charge in [0.05, 0.1) is 10.7 Å². The van der Waals surface area contributed by atoms with Crippen LogP contribution >= 0.6 is 24.0 Å². The minimum atomic E-state index is -4.10. The molecule has 9 nitrogen and oxygen atoms in total. The zero-order chi connectivity index (χ0) is 26.2. The first-order valence-corrected chi connectivity index (χ1v) is 14.3. The van der Waals surface area contributed by atoms with Gasteiger partial charge in [0.2, 0.25) is 10.0 Å². The Hall–Kier alpha value is -2.63. The molecule has 0 aliphatic carbocycles. The van der Waals surface area contributed by atoms with Gasteiger partial charge in [0.15, 0.2) is 5.75 Å². The van der Waals surface area contributed by atoms with Gasteiger partial charge in [0.1, 0.15) is 16.3 Å². The van der Waals surface area contributed by atoms with E-state index in [1.54, 1.807) is 24.3 Å². The van der Waals surface area contributed by atoms with Crippen molar-refractivity contribution in [3.05, 3.63) is 67.9 Å². The third kappa shape index (κ3) is 5.41. The van der Waals surface area contributed by atoms with Crippen molar-refractivity contribution in [2.45, 2.75) is 43.0 Å². The van der Waals surface area contributed by atoms with E-state index < -0.39 is 31.5 Å². The highest BCUT2D eigenvalue weighted by atomic mass is 35.5. The summed E-state index contributed by atoms with van der Waals surface area (Å²) in [6.45, 7) is 2.77. The van der Waals surface area contributed by atoms with Crippen molar-refractivity contribution in [1.29, 1.82) is 0 Å². The number of benzene rings is 2. The van der Waals surface area contributed by atoms with Crippen LogP contribution in [0.15, 0.2) is 56.9 Å². The number of para-hydroxylation sites is 1. The van der Waals surface area contributed by atoms with Crippen LogP contribution < -0.4 is 21.5 Å². The Morgan fingerprint density at radius 2 is 1.45 bits per heavy atom. The van der Waals surface area contributed by atoms with E-state index in [1.165, 1.54) is 35.7 Å². The highest BCUT2D eigenvalue weighted by molar-refractivity contribution is 7.89. The standard InChI is InChI=1S/C26H29ClN4O5S.ClH/c27-19-9-10-20(29-22-21(24(33)25(22)34)28-17-7-3-1-4-8-17)23(32)26(19)37(35,36)31-15-11-18(12-16-31)30-13-5-2-6-14-30;/h1,3-4,7-10,18,28-29,32H,2,5-6,11-16H2;1H. The second-order valence-electron chi connectivity index (χ2n) is 9.53. The number of nitrogens with zero attached hydrogens (tertiary/aromatic N) is 2. The van der Waals surface area contributed by atoms with Gasteiger partial charge < -0.3 is 20.6 Å².